The highest BCUT2D eigenvalue weighted by Gasteiger charge is 2.09. The summed E-state index contributed by atoms with van der Waals surface area (Å²) in [6, 6.07) is 0. The van der Waals surface area contributed by atoms with Crippen molar-refractivity contribution in [2.45, 2.75) is 110 Å². The molecule has 1 atom stereocenters. The average Bonchev–Trinajstić information content (AvgIpc) is 2.62. The van der Waals surface area contributed by atoms with Gasteiger partial charge in [-0.2, -0.15) is 0 Å². The van der Waals surface area contributed by atoms with Gasteiger partial charge in [-0.15, -0.1) is 0 Å². The molecule has 0 aliphatic carbocycles. The maximum Gasteiger partial charge on any atom is 0.222 e. The first kappa shape index (κ1) is 26.4. The number of hydrogen-bond donors (Lipinski definition) is 1. The lowest BCUT2D eigenvalue weighted by atomic mass is 10.0. The van der Waals surface area contributed by atoms with Gasteiger partial charge in [-0.05, 0) is 12.3 Å². The highest BCUT2D eigenvalue weighted by molar-refractivity contribution is 7.95. The summed E-state index contributed by atoms with van der Waals surface area (Å²) >= 11 is 0. The van der Waals surface area contributed by atoms with Crippen LogP contribution >= 0.6 is 0 Å². The second-order valence-corrected chi connectivity index (χ2v) is 9.95. The van der Waals surface area contributed by atoms with Crippen molar-refractivity contribution in [1.82, 2.24) is 4.90 Å². The number of unbranched alkanes of at least 4 members (excludes halogenated alkanes) is 14. The van der Waals surface area contributed by atoms with Crippen LogP contribution < -0.4 is 0 Å². The van der Waals surface area contributed by atoms with Gasteiger partial charge < -0.3 is 9.45 Å². The molecule has 0 aromatic heterocycles. The maximum absolute atomic E-state index is 11.9. The third kappa shape index (κ3) is 20.0. The molecule has 0 spiro atoms. The van der Waals surface area contributed by atoms with Crippen LogP contribution in [0.2, 0.25) is 0 Å². The van der Waals surface area contributed by atoms with E-state index >= 15 is 0 Å². The number of hydrogen-bond acceptors (Lipinski definition) is 2. The van der Waals surface area contributed by atoms with Gasteiger partial charge in [0.2, 0.25) is 5.91 Å². The molecule has 0 aromatic carbocycles. The molecule has 5 heteroatoms. The summed E-state index contributed by atoms with van der Waals surface area (Å²) in [4.78, 5) is 13.5. The minimum absolute atomic E-state index is 0.0497. The van der Waals surface area contributed by atoms with Crippen LogP contribution in [0, 0.1) is 0 Å². The molecule has 0 aliphatic heterocycles. The minimum Gasteiger partial charge on any atom is -0.345 e. The van der Waals surface area contributed by atoms with Gasteiger partial charge in [0.25, 0.3) is 0 Å². The zero-order valence-corrected chi connectivity index (χ0v) is 18.9. The second kappa shape index (κ2) is 17.5. The van der Waals surface area contributed by atoms with Crippen LogP contribution in [0.1, 0.15) is 110 Å². The second-order valence-electron chi connectivity index (χ2n) is 7.99. The third-order valence-electron chi connectivity index (χ3n) is 5.17. The molecule has 0 aromatic rings. The Hall–Kier alpha value is -0.550. The Balaban J connectivity index is 3.32. The number of amides is 1. The Kier molecular flexibility index (Phi) is 17.2. The van der Waals surface area contributed by atoms with Gasteiger partial charge in [0.1, 0.15) is 0 Å². The van der Waals surface area contributed by atoms with Gasteiger partial charge in [-0.25, -0.2) is 4.21 Å². The lowest BCUT2D eigenvalue weighted by molar-refractivity contribution is -0.129. The van der Waals surface area contributed by atoms with E-state index in [1.54, 1.807) is 11.9 Å². The maximum atomic E-state index is 11.9. The quantitative estimate of drug-likeness (QED) is 0.216. The highest BCUT2D eigenvalue weighted by atomic mass is 32.2. The molecule has 0 fully saturated rings. The topological polar surface area (TPSA) is 57.6 Å². The van der Waals surface area contributed by atoms with E-state index < -0.39 is 9.80 Å². The molecular weight excluding hydrogens is 358 g/mol. The summed E-state index contributed by atoms with van der Waals surface area (Å²) in [6.45, 7) is 2.57. The largest absolute Gasteiger partial charge is 0.345 e. The highest BCUT2D eigenvalue weighted by Crippen LogP contribution is 2.13. The molecule has 0 saturated carbocycles. The summed E-state index contributed by atoms with van der Waals surface area (Å²) < 4.78 is 20.3. The number of carbonyl (C=O) groups is 1. The minimum atomic E-state index is -3.00. The van der Waals surface area contributed by atoms with Crippen LogP contribution in [0.5, 0.6) is 0 Å². The van der Waals surface area contributed by atoms with Crippen LogP contribution in [0.25, 0.3) is 0 Å². The first-order chi connectivity index (χ1) is 12.9. The van der Waals surface area contributed by atoms with Crippen molar-refractivity contribution in [3.8, 4) is 0 Å². The van der Waals surface area contributed by atoms with Crippen LogP contribution in [-0.4, -0.2) is 44.8 Å². The smallest absolute Gasteiger partial charge is 0.222 e. The fraction of sp³-hybridized carbons (Fsp3) is 0.909. The third-order valence-corrected chi connectivity index (χ3v) is 5.99. The van der Waals surface area contributed by atoms with Crippen molar-refractivity contribution >= 4 is 21.6 Å². The van der Waals surface area contributed by atoms with Crippen molar-refractivity contribution in [1.29, 1.82) is 0 Å². The summed E-state index contributed by atoms with van der Waals surface area (Å²) in [5, 5.41) is 0. The predicted molar refractivity (Wildman–Crippen MR) is 120 cm³/mol. The first-order valence-electron chi connectivity index (χ1n) is 11.2. The predicted octanol–water partition coefficient (Wildman–Crippen LogP) is 5.90. The first-order valence-corrected chi connectivity index (χ1v) is 13.0. The van der Waals surface area contributed by atoms with Gasteiger partial charge in [0.05, 0.1) is 15.6 Å². The molecule has 0 heterocycles. The standard InChI is InChI=1S/C22H45NO3S/c1-4-5-6-7-8-9-10-11-12-13-14-15-16-17-18-19-22(24)23(2)20-21-27(3,25)26/h3-21H2,1-2H3,(H,25,26). The van der Waals surface area contributed by atoms with E-state index in [4.69, 9.17) is 4.55 Å². The van der Waals surface area contributed by atoms with E-state index in [9.17, 15) is 9.00 Å². The zero-order chi connectivity index (χ0) is 20.4. The van der Waals surface area contributed by atoms with Gasteiger partial charge >= 0.3 is 0 Å². The molecule has 162 valence electrons. The number of rotatable bonds is 19. The van der Waals surface area contributed by atoms with Crippen molar-refractivity contribution in [2.75, 3.05) is 19.3 Å². The van der Waals surface area contributed by atoms with E-state index in [-0.39, 0.29) is 11.7 Å². The molecule has 0 aliphatic rings. The molecule has 0 radical (unpaired) electrons. The summed E-state index contributed by atoms with van der Waals surface area (Å²) in [5.74, 6) is 3.31. The Morgan fingerprint density at radius 1 is 0.815 bits per heavy atom. The molecular formula is C22H45NO3S. The summed E-state index contributed by atoms with van der Waals surface area (Å²) in [6.07, 6.45) is 20.3. The van der Waals surface area contributed by atoms with Gasteiger partial charge in [-0.1, -0.05) is 96.8 Å². The Labute approximate surface area is 169 Å². The van der Waals surface area contributed by atoms with Crippen LogP contribution in [0.15, 0.2) is 0 Å². The van der Waals surface area contributed by atoms with Gasteiger partial charge in [0.15, 0.2) is 0 Å². The zero-order valence-electron chi connectivity index (χ0n) is 18.1. The van der Waals surface area contributed by atoms with Crippen molar-refractivity contribution in [3.05, 3.63) is 0 Å². The molecule has 1 unspecified atom stereocenters. The van der Waals surface area contributed by atoms with E-state index in [0.717, 1.165) is 12.8 Å². The molecule has 27 heavy (non-hydrogen) atoms. The average molecular weight is 404 g/mol. The molecule has 0 bridgehead atoms. The molecule has 0 rings (SSSR count). The van der Waals surface area contributed by atoms with E-state index in [1.165, 1.54) is 83.5 Å². The van der Waals surface area contributed by atoms with E-state index in [1.807, 2.05) is 0 Å². The fourth-order valence-corrected chi connectivity index (χ4v) is 3.80. The molecule has 4 nitrogen and oxygen atoms in total. The monoisotopic (exact) mass is 403 g/mol. The van der Waals surface area contributed by atoms with Crippen LogP contribution in [0.3, 0.4) is 0 Å². The molecule has 0 saturated heterocycles. The van der Waals surface area contributed by atoms with Crippen LogP contribution in [0.4, 0.5) is 0 Å². The number of nitrogens with zero attached hydrogens (tertiary/aromatic N) is 1. The Morgan fingerprint density at radius 2 is 1.19 bits per heavy atom. The van der Waals surface area contributed by atoms with Gasteiger partial charge in [0, 0.05) is 20.0 Å². The summed E-state index contributed by atoms with van der Waals surface area (Å²) in [7, 11) is -1.30. The van der Waals surface area contributed by atoms with Gasteiger partial charge in [-0.3, -0.25) is 4.79 Å². The number of carbonyl (C=O) groups excluding carboxylic acids is 1. The molecule has 1 N–H and O–H groups in total. The normalized spacial score (nSPS) is 13.4. The van der Waals surface area contributed by atoms with Crippen molar-refractivity contribution < 1.29 is 13.6 Å². The van der Waals surface area contributed by atoms with E-state index in [2.05, 4.69) is 12.8 Å². The van der Waals surface area contributed by atoms with Crippen molar-refractivity contribution in [2.24, 2.45) is 0 Å². The molecule has 1 amide bonds. The lowest BCUT2D eigenvalue weighted by Gasteiger charge is -2.17. The van der Waals surface area contributed by atoms with E-state index in [0.29, 0.717) is 13.0 Å². The van der Waals surface area contributed by atoms with Crippen LogP contribution in [-0.2, 0) is 14.6 Å². The Bertz CT molecular complexity index is 448. The SMILES string of the molecule is C=S(=O)(O)CCN(C)C(=O)CCCCCCCCCCCCCCCCC. The summed E-state index contributed by atoms with van der Waals surface area (Å²) in [5.41, 5.74) is 0. The van der Waals surface area contributed by atoms with Crippen molar-refractivity contribution in [3.63, 3.8) is 0 Å². The lowest BCUT2D eigenvalue weighted by Crippen LogP contribution is -2.31. The Morgan fingerprint density at radius 3 is 1.56 bits per heavy atom. The fourth-order valence-electron chi connectivity index (χ4n) is 3.24.